The summed E-state index contributed by atoms with van der Waals surface area (Å²) in [6.45, 7) is 0. The summed E-state index contributed by atoms with van der Waals surface area (Å²) in [6.07, 6.45) is 0.458. The normalized spacial score (nSPS) is 27.8. The van der Waals surface area contributed by atoms with Crippen LogP contribution >= 0.6 is 23.2 Å². The third kappa shape index (κ3) is 4.65. The zero-order valence-corrected chi connectivity index (χ0v) is 28.5. The molecule has 7 rings (SSSR count). The molecular weight excluding hydrogens is 760 g/mol. The number of halogens is 7. The van der Waals surface area contributed by atoms with E-state index in [1.807, 2.05) is 0 Å². The average Bonchev–Trinajstić information content (AvgIpc) is 3.47. The molecular formula is C34H22Cl2F5N3O9. The van der Waals surface area contributed by atoms with Crippen molar-refractivity contribution in [1.29, 1.82) is 0 Å². The molecule has 2 aliphatic carbocycles. The number of hydrogen-bond acceptors (Lipinski definition) is 9. The number of carbonyl (C=O) groups excluding carboxylic acids is 4. The van der Waals surface area contributed by atoms with E-state index >= 15 is 8.78 Å². The van der Waals surface area contributed by atoms with Crippen molar-refractivity contribution in [3.63, 3.8) is 0 Å². The van der Waals surface area contributed by atoms with Crippen molar-refractivity contribution in [1.82, 2.24) is 0 Å². The number of nitro groups is 1. The monoisotopic (exact) mass is 781 g/mol. The van der Waals surface area contributed by atoms with Gasteiger partial charge in [0.2, 0.25) is 17.6 Å². The van der Waals surface area contributed by atoms with Crippen LogP contribution in [0.2, 0.25) is 0 Å². The number of amides is 4. The second-order valence-corrected chi connectivity index (χ2v) is 14.0. The average molecular weight is 782 g/mol. The Kier molecular flexibility index (Phi) is 8.26. The molecule has 1 N–H and O–H groups in total. The molecule has 0 radical (unpaired) electrons. The first-order valence-electron chi connectivity index (χ1n) is 15.5. The number of benzene rings is 3. The lowest BCUT2D eigenvalue weighted by Gasteiger charge is -2.50. The number of phenolic OH excluding ortho intramolecular Hbond substituents is 1. The molecule has 0 bridgehead atoms. The lowest BCUT2D eigenvalue weighted by Crippen LogP contribution is -2.60. The number of carbonyl (C=O) groups is 4. The van der Waals surface area contributed by atoms with Crippen LogP contribution < -0.4 is 19.3 Å². The van der Waals surface area contributed by atoms with Crippen LogP contribution in [-0.2, 0) is 19.2 Å². The first kappa shape index (κ1) is 36.1. The minimum Gasteiger partial charge on any atom is -0.507 e. The van der Waals surface area contributed by atoms with E-state index in [-0.39, 0.29) is 45.3 Å². The number of imide groups is 2. The van der Waals surface area contributed by atoms with Crippen molar-refractivity contribution < 1.29 is 60.6 Å². The summed E-state index contributed by atoms with van der Waals surface area (Å²) in [5.74, 6) is -24.1. The van der Waals surface area contributed by atoms with E-state index in [1.54, 1.807) is 0 Å². The number of allylic oxidation sites excluding steroid dienone is 2. The Bertz CT molecular complexity index is 2210. The van der Waals surface area contributed by atoms with Gasteiger partial charge in [-0.2, -0.15) is 0 Å². The first-order valence-corrected chi connectivity index (χ1v) is 16.3. The quantitative estimate of drug-likeness (QED) is 0.0479. The lowest BCUT2D eigenvalue weighted by atomic mass is 9.56. The van der Waals surface area contributed by atoms with Gasteiger partial charge in [0, 0.05) is 35.7 Å². The van der Waals surface area contributed by atoms with Crippen molar-refractivity contribution in [2.24, 2.45) is 17.8 Å². The molecule has 276 valence electrons. The molecule has 4 aliphatic rings. The number of ether oxygens (including phenoxy) is 2. The summed E-state index contributed by atoms with van der Waals surface area (Å²) in [6, 6.07) is 6.83. The molecule has 2 aliphatic heterocycles. The van der Waals surface area contributed by atoms with E-state index in [0.29, 0.717) is 0 Å². The van der Waals surface area contributed by atoms with E-state index in [2.05, 4.69) is 0 Å². The highest BCUT2D eigenvalue weighted by Crippen LogP contribution is 2.67. The third-order valence-corrected chi connectivity index (χ3v) is 11.8. The van der Waals surface area contributed by atoms with Crippen LogP contribution in [0.4, 0.5) is 39.0 Å². The molecule has 53 heavy (non-hydrogen) atoms. The van der Waals surface area contributed by atoms with Gasteiger partial charge in [0.05, 0.1) is 36.7 Å². The highest BCUT2D eigenvalue weighted by molar-refractivity contribution is 6.58. The molecule has 2 heterocycles. The van der Waals surface area contributed by atoms with Gasteiger partial charge in [0.15, 0.2) is 33.0 Å². The first-order chi connectivity index (χ1) is 25.0. The lowest BCUT2D eigenvalue weighted by molar-refractivity contribution is -0.384. The fraction of sp³-hybridized carbons (Fsp3) is 0.294. The Balaban J connectivity index is 1.45. The molecule has 2 saturated heterocycles. The number of hydrogen-bond donors (Lipinski definition) is 1. The van der Waals surface area contributed by atoms with E-state index < -0.39 is 109 Å². The van der Waals surface area contributed by atoms with Crippen LogP contribution in [-0.4, -0.2) is 57.6 Å². The number of fused-ring (bicyclic) bond motifs is 4. The van der Waals surface area contributed by atoms with Gasteiger partial charge in [-0.25, -0.2) is 26.9 Å². The molecule has 4 amide bonds. The Morgan fingerprint density at radius 1 is 0.849 bits per heavy atom. The summed E-state index contributed by atoms with van der Waals surface area (Å²) < 4.78 is 84.3. The zero-order valence-electron chi connectivity index (χ0n) is 27.0. The van der Waals surface area contributed by atoms with Gasteiger partial charge in [-0.3, -0.25) is 34.2 Å². The number of nitrogens with zero attached hydrogens (tertiary/aromatic N) is 3. The summed E-state index contributed by atoms with van der Waals surface area (Å²) in [5, 5.41) is 22.6. The predicted molar refractivity (Wildman–Crippen MR) is 173 cm³/mol. The standard InChI is InChI=1S/C34H22Cl2F5N3O9/c1-52-14-9-18(45)21(19(10-14)53-2)22-15-7-8-16-20(30(47)42(29(16)46)12-3-5-13(6-4-12)44(50)51)17(15)11-33(35)31(48)43(32(49)34(22,33)36)28-26(40)24(38)23(37)25(39)27(28)41/h3-7,9-10,16-17,20,22,45H,8,11H2,1-2H3/t16-,17+,20-,22+,33+,34-/m0/s1. The van der Waals surface area contributed by atoms with Crippen LogP contribution in [0, 0.1) is 57.0 Å². The molecule has 12 nitrogen and oxygen atoms in total. The molecule has 19 heteroatoms. The third-order valence-electron chi connectivity index (χ3n) is 10.4. The maximum absolute atomic E-state index is 15.3. The van der Waals surface area contributed by atoms with Crippen LogP contribution in [0.3, 0.4) is 0 Å². The number of aromatic hydroxyl groups is 1. The minimum absolute atomic E-state index is 0.0275. The maximum Gasteiger partial charge on any atom is 0.269 e. The van der Waals surface area contributed by atoms with Gasteiger partial charge in [0.25, 0.3) is 17.5 Å². The number of alkyl halides is 2. The van der Waals surface area contributed by atoms with Crippen molar-refractivity contribution in [3.05, 3.63) is 92.8 Å². The Labute approximate surface area is 304 Å². The number of rotatable bonds is 6. The Morgan fingerprint density at radius 2 is 1.45 bits per heavy atom. The Morgan fingerprint density at radius 3 is 2.02 bits per heavy atom. The predicted octanol–water partition coefficient (Wildman–Crippen LogP) is 5.78. The smallest absolute Gasteiger partial charge is 0.269 e. The van der Waals surface area contributed by atoms with Gasteiger partial charge in [-0.05, 0) is 30.9 Å². The highest BCUT2D eigenvalue weighted by atomic mass is 35.5. The highest BCUT2D eigenvalue weighted by Gasteiger charge is 2.77. The molecule has 6 atom stereocenters. The molecule has 0 unspecified atom stereocenters. The SMILES string of the molecule is COc1cc(O)c([C@H]2C3=CC[C@@H]4C(=O)N(c5ccc([N+](=O)[O-])cc5)C(=O)[C@@H]4[C@@H]3C[C@@]3(Cl)C(=O)N(c4c(F)c(F)c(F)c(F)c4F)C(=O)[C@@]23Cl)c(OC)c1. The van der Waals surface area contributed by atoms with Crippen molar-refractivity contribution in [2.45, 2.75) is 28.5 Å². The molecule has 0 spiro atoms. The van der Waals surface area contributed by atoms with Gasteiger partial charge in [-0.15, -0.1) is 23.2 Å². The summed E-state index contributed by atoms with van der Waals surface area (Å²) in [5.41, 5.74) is -2.58. The topological polar surface area (TPSA) is 157 Å². The van der Waals surface area contributed by atoms with E-state index in [4.69, 9.17) is 32.7 Å². The van der Waals surface area contributed by atoms with Crippen LogP contribution in [0.5, 0.6) is 17.2 Å². The zero-order chi connectivity index (χ0) is 38.6. The van der Waals surface area contributed by atoms with E-state index in [9.17, 15) is 47.6 Å². The number of anilines is 2. The second kappa shape index (κ2) is 12.1. The number of nitro benzene ring substituents is 1. The molecule has 0 aromatic heterocycles. The minimum atomic E-state index is -2.91. The van der Waals surface area contributed by atoms with Crippen molar-refractivity contribution in [3.8, 4) is 17.2 Å². The molecule has 1 saturated carbocycles. The summed E-state index contributed by atoms with van der Waals surface area (Å²) >= 11 is 14.2. The van der Waals surface area contributed by atoms with Gasteiger partial charge >= 0.3 is 0 Å². The number of phenols is 1. The summed E-state index contributed by atoms with van der Waals surface area (Å²) in [4.78, 5) is 62.1. The largest absolute Gasteiger partial charge is 0.507 e. The number of non-ortho nitro benzene ring substituents is 1. The van der Waals surface area contributed by atoms with Crippen LogP contribution in [0.1, 0.15) is 24.3 Å². The number of methoxy groups -OCH3 is 2. The van der Waals surface area contributed by atoms with Crippen molar-refractivity contribution >= 4 is 63.9 Å². The molecule has 3 aromatic rings. The fourth-order valence-corrected chi connectivity index (χ4v) is 8.94. The molecule has 3 fully saturated rings. The molecule has 3 aromatic carbocycles. The summed E-state index contributed by atoms with van der Waals surface area (Å²) in [7, 11) is 2.41. The maximum atomic E-state index is 15.3. The van der Waals surface area contributed by atoms with Gasteiger partial charge < -0.3 is 14.6 Å². The van der Waals surface area contributed by atoms with E-state index in [1.165, 1.54) is 31.4 Å². The van der Waals surface area contributed by atoms with E-state index in [0.717, 1.165) is 30.2 Å². The van der Waals surface area contributed by atoms with Crippen molar-refractivity contribution in [2.75, 3.05) is 24.0 Å². The van der Waals surface area contributed by atoms with Crippen LogP contribution in [0.15, 0.2) is 48.0 Å². The second-order valence-electron chi connectivity index (χ2n) is 12.7. The van der Waals surface area contributed by atoms with Crippen LogP contribution in [0.25, 0.3) is 0 Å². The van der Waals surface area contributed by atoms with Gasteiger partial charge in [-0.1, -0.05) is 11.6 Å². The van der Waals surface area contributed by atoms with Gasteiger partial charge in [0.1, 0.15) is 22.9 Å². The fourth-order valence-electron chi connectivity index (χ4n) is 8.03. The Hall–Kier alpha value is -5.29.